The van der Waals surface area contributed by atoms with E-state index < -0.39 is 10.3 Å². The van der Waals surface area contributed by atoms with E-state index in [1.165, 1.54) is 0 Å². The normalized spacial score (nSPS) is 14.9. The molecule has 1 atom stereocenters. The molecule has 0 radical (unpaired) electrons. The predicted molar refractivity (Wildman–Crippen MR) is 51.9 cm³/mol. The summed E-state index contributed by atoms with van der Waals surface area (Å²) in [7, 11) is 0. The Morgan fingerprint density at radius 2 is 2.29 bits per heavy atom. The number of esters is 1. The fourth-order valence-corrected chi connectivity index (χ4v) is 1.11. The number of rotatable bonds is 3. The van der Waals surface area contributed by atoms with Gasteiger partial charge in [-0.05, 0) is 13.8 Å². The number of carbonyl (C=O) groups excluding carboxylic acids is 1. The lowest BCUT2D eigenvalue weighted by Gasteiger charge is -2.15. The molecule has 0 aromatic carbocycles. The summed E-state index contributed by atoms with van der Waals surface area (Å²) in [6, 6.07) is 0. The number of aromatic nitrogens is 2. The summed E-state index contributed by atoms with van der Waals surface area (Å²) >= 11 is 3.20. The van der Waals surface area contributed by atoms with E-state index in [1.54, 1.807) is 20.8 Å². The van der Waals surface area contributed by atoms with Crippen molar-refractivity contribution in [3.05, 3.63) is 11.8 Å². The first-order chi connectivity index (χ1) is 6.48. The average molecular weight is 263 g/mol. The second-order valence-electron chi connectivity index (χ2n) is 2.85. The van der Waals surface area contributed by atoms with Crippen molar-refractivity contribution in [3.8, 4) is 0 Å². The zero-order valence-electron chi connectivity index (χ0n) is 8.20. The molecule has 1 aromatic rings. The van der Waals surface area contributed by atoms with Crippen molar-refractivity contribution < 1.29 is 13.9 Å². The van der Waals surface area contributed by atoms with Crippen LogP contribution in [-0.2, 0) is 13.9 Å². The van der Waals surface area contributed by atoms with E-state index in [9.17, 15) is 4.79 Å². The van der Waals surface area contributed by atoms with Crippen molar-refractivity contribution in [2.75, 3.05) is 6.61 Å². The number of hydrogen-bond donors (Lipinski definition) is 0. The van der Waals surface area contributed by atoms with E-state index in [4.69, 9.17) is 9.15 Å². The highest BCUT2D eigenvalue weighted by Crippen LogP contribution is 2.30. The van der Waals surface area contributed by atoms with E-state index in [1.807, 2.05) is 0 Å². The molecule has 14 heavy (non-hydrogen) atoms. The zero-order valence-corrected chi connectivity index (χ0v) is 9.79. The molecule has 0 fully saturated rings. The molecule has 1 unspecified atom stereocenters. The quantitative estimate of drug-likeness (QED) is 0.611. The number of aryl methyl sites for hydroxylation is 1. The molecular weight excluding hydrogens is 252 g/mol. The van der Waals surface area contributed by atoms with Gasteiger partial charge >= 0.3 is 5.97 Å². The third-order valence-corrected chi connectivity index (χ3v) is 2.25. The van der Waals surface area contributed by atoms with E-state index in [-0.39, 0.29) is 5.89 Å². The van der Waals surface area contributed by atoms with Gasteiger partial charge in [-0.25, -0.2) is 4.79 Å². The van der Waals surface area contributed by atoms with Crippen molar-refractivity contribution in [1.82, 2.24) is 10.2 Å². The molecule has 1 heterocycles. The Labute approximate surface area is 90.0 Å². The van der Waals surface area contributed by atoms with Gasteiger partial charge in [-0.1, -0.05) is 15.9 Å². The molecule has 0 saturated heterocycles. The molecule has 0 aliphatic rings. The van der Waals surface area contributed by atoms with Crippen molar-refractivity contribution in [1.29, 1.82) is 0 Å². The van der Waals surface area contributed by atoms with Crippen LogP contribution in [0.15, 0.2) is 4.42 Å². The number of carbonyl (C=O) groups is 1. The van der Waals surface area contributed by atoms with Crippen molar-refractivity contribution in [2.45, 2.75) is 25.1 Å². The Bertz CT molecular complexity index is 335. The first kappa shape index (κ1) is 11.2. The largest absolute Gasteiger partial charge is 0.465 e. The molecule has 0 aliphatic carbocycles. The van der Waals surface area contributed by atoms with Gasteiger partial charge in [0, 0.05) is 6.92 Å². The molecule has 0 N–H and O–H groups in total. The maximum absolute atomic E-state index is 11.5. The summed E-state index contributed by atoms with van der Waals surface area (Å²) in [5.74, 6) is 0.173. The van der Waals surface area contributed by atoms with Crippen LogP contribution < -0.4 is 0 Å². The minimum Gasteiger partial charge on any atom is -0.465 e. The SMILES string of the molecule is CCOC(=O)C(C)(Br)c1nnc(C)o1. The lowest BCUT2D eigenvalue weighted by atomic mass is 10.2. The van der Waals surface area contributed by atoms with Crippen LogP contribution in [0, 0.1) is 6.92 Å². The van der Waals surface area contributed by atoms with Crippen molar-refractivity contribution in [3.63, 3.8) is 0 Å². The van der Waals surface area contributed by atoms with E-state index in [0.717, 1.165) is 0 Å². The minimum atomic E-state index is -1.07. The van der Waals surface area contributed by atoms with Crippen molar-refractivity contribution >= 4 is 21.9 Å². The summed E-state index contributed by atoms with van der Waals surface area (Å²) < 4.78 is 8.94. The lowest BCUT2D eigenvalue weighted by Crippen LogP contribution is -2.28. The fraction of sp³-hybridized carbons (Fsp3) is 0.625. The van der Waals surface area contributed by atoms with Gasteiger partial charge in [0.05, 0.1) is 6.61 Å². The topological polar surface area (TPSA) is 65.2 Å². The second kappa shape index (κ2) is 4.08. The molecule has 0 amide bonds. The van der Waals surface area contributed by atoms with Gasteiger partial charge < -0.3 is 9.15 Å². The van der Waals surface area contributed by atoms with Crippen LogP contribution in [0.4, 0.5) is 0 Å². The van der Waals surface area contributed by atoms with Crippen LogP contribution in [0.2, 0.25) is 0 Å². The molecule has 0 bridgehead atoms. The number of halogens is 1. The molecule has 6 heteroatoms. The highest BCUT2D eigenvalue weighted by Gasteiger charge is 2.39. The first-order valence-electron chi connectivity index (χ1n) is 4.15. The molecule has 0 aliphatic heterocycles. The molecule has 78 valence electrons. The second-order valence-corrected chi connectivity index (χ2v) is 4.44. The molecule has 1 aromatic heterocycles. The number of hydrogen-bond acceptors (Lipinski definition) is 5. The van der Waals surface area contributed by atoms with Gasteiger partial charge in [0.15, 0.2) is 4.32 Å². The van der Waals surface area contributed by atoms with Crippen LogP contribution in [-0.4, -0.2) is 22.8 Å². The number of ether oxygens (including phenoxy) is 1. The van der Waals surface area contributed by atoms with Gasteiger partial charge in [0.2, 0.25) is 11.8 Å². The predicted octanol–water partition coefficient (Wildman–Crippen LogP) is 1.55. The van der Waals surface area contributed by atoms with Crippen LogP contribution in [0.25, 0.3) is 0 Å². The maximum atomic E-state index is 11.5. The molecule has 0 saturated carbocycles. The first-order valence-corrected chi connectivity index (χ1v) is 4.94. The third-order valence-electron chi connectivity index (χ3n) is 1.59. The number of alkyl halides is 1. The van der Waals surface area contributed by atoms with Gasteiger partial charge in [-0.2, -0.15) is 0 Å². The highest BCUT2D eigenvalue weighted by molar-refractivity contribution is 9.10. The highest BCUT2D eigenvalue weighted by atomic mass is 79.9. The van der Waals surface area contributed by atoms with Crippen LogP contribution >= 0.6 is 15.9 Å². The number of nitrogens with zero attached hydrogens (tertiary/aromatic N) is 2. The van der Waals surface area contributed by atoms with E-state index in [2.05, 4.69) is 26.1 Å². The van der Waals surface area contributed by atoms with Gasteiger partial charge in [-0.3, -0.25) is 0 Å². The lowest BCUT2D eigenvalue weighted by molar-refractivity contribution is -0.146. The molecule has 5 nitrogen and oxygen atoms in total. The monoisotopic (exact) mass is 262 g/mol. The Morgan fingerprint density at radius 3 is 2.71 bits per heavy atom. The summed E-state index contributed by atoms with van der Waals surface area (Å²) in [6.45, 7) is 5.32. The molecule has 1 rings (SSSR count). The average Bonchev–Trinajstić information content (AvgIpc) is 2.52. The maximum Gasteiger partial charge on any atom is 0.332 e. The van der Waals surface area contributed by atoms with Crippen LogP contribution in [0.1, 0.15) is 25.6 Å². The summed E-state index contributed by atoms with van der Waals surface area (Å²) in [5, 5.41) is 7.40. The Morgan fingerprint density at radius 1 is 1.64 bits per heavy atom. The Kier molecular flexibility index (Phi) is 3.25. The molecular formula is C8H11BrN2O3. The molecule has 0 spiro atoms. The van der Waals surface area contributed by atoms with Crippen LogP contribution in [0.3, 0.4) is 0 Å². The van der Waals surface area contributed by atoms with Crippen LogP contribution in [0.5, 0.6) is 0 Å². The van der Waals surface area contributed by atoms with Crippen molar-refractivity contribution in [2.24, 2.45) is 0 Å². The minimum absolute atomic E-state index is 0.202. The van der Waals surface area contributed by atoms with Gasteiger partial charge in [0.25, 0.3) is 0 Å². The Hall–Kier alpha value is -0.910. The summed E-state index contributed by atoms with van der Waals surface area (Å²) in [5.41, 5.74) is 0. The standard InChI is InChI=1S/C8H11BrN2O3/c1-4-13-7(12)8(3,9)6-11-10-5(2)14-6/h4H2,1-3H3. The third kappa shape index (κ3) is 2.12. The zero-order chi connectivity index (χ0) is 10.8. The van der Waals surface area contributed by atoms with E-state index in [0.29, 0.717) is 12.5 Å². The summed E-state index contributed by atoms with van der Waals surface area (Å²) in [6.07, 6.45) is 0. The van der Waals surface area contributed by atoms with Gasteiger partial charge in [0.1, 0.15) is 0 Å². The Balaban J connectivity index is 2.89. The van der Waals surface area contributed by atoms with E-state index >= 15 is 0 Å². The smallest absolute Gasteiger partial charge is 0.332 e. The summed E-state index contributed by atoms with van der Waals surface area (Å²) in [4.78, 5) is 11.5. The van der Waals surface area contributed by atoms with Gasteiger partial charge in [-0.15, -0.1) is 10.2 Å². The fourth-order valence-electron chi connectivity index (χ4n) is 0.840.